The van der Waals surface area contributed by atoms with Crippen molar-refractivity contribution in [1.29, 1.82) is 0 Å². The molecular weight excluding hydrogens is 486 g/mol. The summed E-state index contributed by atoms with van der Waals surface area (Å²) >= 11 is 0.513. The van der Waals surface area contributed by atoms with E-state index >= 15 is 0 Å². The molecule has 1 aliphatic carbocycles. The number of hydrogen-bond donors (Lipinski definition) is 0. The predicted molar refractivity (Wildman–Crippen MR) is 146 cm³/mol. The van der Waals surface area contributed by atoms with E-state index in [2.05, 4.69) is 64.6 Å². The second-order valence-electron chi connectivity index (χ2n) is 10.4. The van der Waals surface area contributed by atoms with Gasteiger partial charge in [-0.05, 0) is 0 Å². The molecule has 2 rings (SSSR count). The quantitative estimate of drug-likeness (QED) is 0.208. The van der Waals surface area contributed by atoms with E-state index in [1.165, 1.54) is 57.8 Å². The minimum atomic E-state index is 0.155. The Balaban J connectivity index is 2.97. The van der Waals surface area contributed by atoms with Crippen molar-refractivity contribution in [2.75, 3.05) is 0 Å². The van der Waals surface area contributed by atoms with E-state index < -0.39 is 0 Å². The molecule has 0 saturated heterocycles. The average molecular weight is 535 g/mol. The van der Waals surface area contributed by atoms with Gasteiger partial charge in [-0.15, -0.1) is 0 Å². The van der Waals surface area contributed by atoms with E-state index in [0.717, 1.165) is 0 Å². The van der Waals surface area contributed by atoms with Crippen LogP contribution >= 0.6 is 9.24 Å². The van der Waals surface area contributed by atoms with E-state index in [9.17, 15) is 0 Å². The van der Waals surface area contributed by atoms with Crippen LogP contribution in [0.25, 0.3) is 5.57 Å². The van der Waals surface area contributed by atoms with E-state index in [-0.39, 0.29) is 5.16 Å². The Labute approximate surface area is 203 Å². The summed E-state index contributed by atoms with van der Waals surface area (Å²) in [6.07, 6.45) is 11.7. The molecule has 0 aliphatic heterocycles. The summed E-state index contributed by atoms with van der Waals surface area (Å²) in [5.74, 6) is 1.22. The molecule has 2 heteroatoms. The fourth-order valence-corrected chi connectivity index (χ4v) is 10.5. The Morgan fingerprint density at radius 2 is 1.37 bits per heavy atom. The van der Waals surface area contributed by atoms with Gasteiger partial charge in [0, 0.05) is 0 Å². The van der Waals surface area contributed by atoms with Crippen molar-refractivity contribution in [2.24, 2.45) is 5.92 Å². The monoisotopic (exact) mass is 536 g/mol. The summed E-state index contributed by atoms with van der Waals surface area (Å²) in [7, 11) is 3.42. The summed E-state index contributed by atoms with van der Waals surface area (Å²) in [4.78, 5) is 0. The number of fused-ring (bicyclic) bond motifs is 1. The molecule has 2 unspecified atom stereocenters. The number of unbranched alkanes of at least 4 members (excludes halogenated alkanes) is 3. The third-order valence-corrected chi connectivity index (χ3v) is 11.7. The molecule has 1 aromatic carbocycles. The summed E-state index contributed by atoms with van der Waals surface area (Å²) < 4.78 is 1.82. The zero-order valence-electron chi connectivity index (χ0n) is 21.6. The van der Waals surface area contributed by atoms with Gasteiger partial charge in [0.2, 0.25) is 0 Å². The van der Waals surface area contributed by atoms with Gasteiger partial charge in [-0.1, -0.05) is 0 Å². The molecule has 0 spiro atoms. The van der Waals surface area contributed by atoms with Crippen molar-refractivity contribution in [3.05, 3.63) is 33.4 Å². The van der Waals surface area contributed by atoms with Crippen LogP contribution in [0.5, 0.6) is 0 Å². The van der Waals surface area contributed by atoms with Crippen LogP contribution in [0, 0.1) is 5.92 Å². The normalized spacial score (nSPS) is 18.9. The third kappa shape index (κ3) is 4.90. The van der Waals surface area contributed by atoms with E-state index in [4.69, 9.17) is 0 Å². The van der Waals surface area contributed by atoms with Crippen LogP contribution in [-0.2, 0) is 18.0 Å². The maximum atomic E-state index is 3.42. The van der Waals surface area contributed by atoms with E-state index in [1.807, 2.05) is 3.58 Å². The Morgan fingerprint density at radius 1 is 0.833 bits per heavy atom. The fourth-order valence-electron chi connectivity index (χ4n) is 5.93. The van der Waals surface area contributed by atoms with E-state index in [1.54, 1.807) is 39.0 Å². The van der Waals surface area contributed by atoms with Gasteiger partial charge in [-0.3, -0.25) is 0 Å². The van der Waals surface area contributed by atoms with Crippen molar-refractivity contribution in [3.8, 4) is 0 Å². The van der Waals surface area contributed by atoms with Gasteiger partial charge in [0.25, 0.3) is 0 Å². The van der Waals surface area contributed by atoms with Gasteiger partial charge in [-0.2, -0.15) is 0 Å². The first-order chi connectivity index (χ1) is 14.2. The second kappa shape index (κ2) is 11.4. The molecule has 30 heavy (non-hydrogen) atoms. The zero-order chi connectivity index (χ0) is 22.6. The molecule has 0 amide bonds. The van der Waals surface area contributed by atoms with E-state index in [0.29, 0.717) is 34.4 Å². The number of allylic oxidation sites excluding steroid dienone is 2. The van der Waals surface area contributed by atoms with Gasteiger partial charge in [0.15, 0.2) is 0 Å². The first-order valence-corrected chi connectivity index (χ1v) is 16.3. The molecule has 0 saturated carbocycles. The Bertz CT molecular complexity index is 772. The van der Waals surface area contributed by atoms with Crippen molar-refractivity contribution in [3.63, 3.8) is 0 Å². The summed E-state index contributed by atoms with van der Waals surface area (Å²) in [5, 5.41) is 0.155. The first-order valence-electron chi connectivity index (χ1n) is 12.9. The first kappa shape index (κ1) is 26.4. The van der Waals surface area contributed by atoms with Gasteiger partial charge in [0.1, 0.15) is 0 Å². The van der Waals surface area contributed by atoms with Crippen LogP contribution < -0.4 is 3.58 Å². The van der Waals surface area contributed by atoms with Crippen LogP contribution in [-0.4, -0.2) is 22.5 Å². The van der Waals surface area contributed by atoms with Crippen molar-refractivity contribution in [1.82, 2.24) is 0 Å². The summed E-state index contributed by atoms with van der Waals surface area (Å²) in [6.45, 7) is 19.3. The average Bonchev–Trinajstić information content (AvgIpc) is 2.91. The molecule has 0 aromatic heterocycles. The Kier molecular flexibility index (Phi) is 10.0. The van der Waals surface area contributed by atoms with Crippen LogP contribution in [0.15, 0.2) is 5.57 Å². The minimum absolute atomic E-state index is 0.155. The molecule has 0 N–H and O–H groups in total. The van der Waals surface area contributed by atoms with Crippen LogP contribution in [0.2, 0.25) is 0 Å². The molecule has 0 radical (unpaired) electrons. The molecule has 0 bridgehead atoms. The number of hydrogen-bond acceptors (Lipinski definition) is 0. The second-order valence-corrected chi connectivity index (χ2v) is 14.2. The molecular formula is C28H49PSn. The van der Waals surface area contributed by atoms with Gasteiger partial charge in [-0.25, -0.2) is 0 Å². The van der Waals surface area contributed by atoms with Crippen LogP contribution in [0.3, 0.4) is 0 Å². The summed E-state index contributed by atoms with van der Waals surface area (Å²) in [5.41, 5.74) is 12.1. The standard InChI is InChI=1S/C28H46P.Sn.3H/c1-9-12-15-22-18-24(19(4)5)26-25(20(6)7)21(8)28(29,17-14-11-3)27(26)23(22)16-13-10-2;;;;/h19-20H,9-17,29H2,1-8H3;;;;. The fraction of sp³-hybridized carbons (Fsp3) is 0.714. The predicted octanol–water partition coefficient (Wildman–Crippen LogP) is 7.19. The summed E-state index contributed by atoms with van der Waals surface area (Å²) in [6, 6.07) is 0. The molecule has 0 heterocycles. The van der Waals surface area contributed by atoms with Crippen molar-refractivity contribution >= 4 is 40.9 Å². The molecule has 0 fully saturated rings. The van der Waals surface area contributed by atoms with Gasteiger partial charge in [0.05, 0.1) is 0 Å². The molecule has 1 aromatic rings. The SMILES string of the molecule is CCCCc1[c]([SnH3])c(C(C)C)c2c(c1CCCC)C(P)(CCCC)C(C)=C2C(C)C. The van der Waals surface area contributed by atoms with Crippen LogP contribution in [0.1, 0.15) is 134 Å². The van der Waals surface area contributed by atoms with Crippen LogP contribution in [0.4, 0.5) is 0 Å². The maximum absolute atomic E-state index is 3.42. The molecule has 0 nitrogen and oxygen atoms in total. The molecule has 1 aliphatic rings. The van der Waals surface area contributed by atoms with Crippen molar-refractivity contribution < 1.29 is 0 Å². The zero-order valence-corrected chi connectivity index (χ0v) is 28.5. The van der Waals surface area contributed by atoms with Crippen molar-refractivity contribution in [2.45, 2.75) is 124 Å². The topological polar surface area (TPSA) is 0 Å². The Morgan fingerprint density at radius 3 is 1.83 bits per heavy atom. The molecule has 2 atom stereocenters. The Hall–Kier alpha value is 0.189. The molecule has 170 valence electrons. The van der Waals surface area contributed by atoms with Gasteiger partial charge >= 0.3 is 204 Å². The third-order valence-electron chi connectivity index (χ3n) is 7.47. The number of rotatable bonds is 11. The van der Waals surface area contributed by atoms with Gasteiger partial charge < -0.3 is 0 Å². The number of benzene rings is 1.